The summed E-state index contributed by atoms with van der Waals surface area (Å²) >= 11 is 5.88. The van der Waals surface area contributed by atoms with Crippen LogP contribution >= 0.6 is 11.6 Å². The van der Waals surface area contributed by atoms with Gasteiger partial charge in [-0.25, -0.2) is 8.78 Å². The van der Waals surface area contributed by atoms with Crippen LogP contribution in [0, 0.1) is 18.6 Å². The monoisotopic (exact) mass is 449 g/mol. The molecular formula is C23H22ClF2NO4. The molecule has 0 spiro atoms. The van der Waals surface area contributed by atoms with Crippen molar-refractivity contribution in [2.24, 2.45) is 0 Å². The summed E-state index contributed by atoms with van der Waals surface area (Å²) in [4.78, 5) is 25.6. The molecule has 2 aromatic carbocycles. The van der Waals surface area contributed by atoms with E-state index < -0.39 is 34.7 Å². The maximum absolute atomic E-state index is 15.1. The third-order valence-electron chi connectivity index (χ3n) is 5.71. The van der Waals surface area contributed by atoms with E-state index in [4.69, 9.17) is 11.6 Å². The molecule has 164 valence electrons. The lowest BCUT2D eigenvalue weighted by molar-refractivity contribution is -0.143. The number of benzene rings is 2. The van der Waals surface area contributed by atoms with Crippen molar-refractivity contribution in [1.29, 1.82) is 0 Å². The number of rotatable bonds is 6. The first-order valence-electron chi connectivity index (χ1n) is 9.80. The van der Waals surface area contributed by atoms with Crippen molar-refractivity contribution >= 4 is 34.4 Å². The number of phenols is 1. The lowest BCUT2D eigenvalue weighted by atomic mass is 9.76. The fourth-order valence-corrected chi connectivity index (χ4v) is 4.14. The summed E-state index contributed by atoms with van der Waals surface area (Å²) in [6.45, 7) is 4.83. The van der Waals surface area contributed by atoms with Crippen LogP contribution in [-0.2, 0) is 10.2 Å². The van der Waals surface area contributed by atoms with Gasteiger partial charge >= 0.3 is 5.97 Å². The molecular weight excluding hydrogens is 428 g/mol. The third kappa shape index (κ3) is 3.67. The Morgan fingerprint density at radius 3 is 2.35 bits per heavy atom. The van der Waals surface area contributed by atoms with Crippen molar-refractivity contribution in [1.82, 2.24) is 4.57 Å². The number of carboxylic acids is 1. The number of aromatic hydroxyl groups is 1. The van der Waals surface area contributed by atoms with Crippen molar-refractivity contribution in [2.75, 3.05) is 0 Å². The second-order valence-electron chi connectivity index (χ2n) is 7.76. The first kappa shape index (κ1) is 22.7. The topological polar surface area (TPSA) is 79.5 Å². The average molecular weight is 450 g/mol. The van der Waals surface area contributed by atoms with Gasteiger partial charge in [0.2, 0.25) is 0 Å². The predicted molar refractivity (Wildman–Crippen MR) is 114 cm³/mol. The fourth-order valence-electron chi connectivity index (χ4n) is 4.01. The van der Waals surface area contributed by atoms with Crippen molar-refractivity contribution in [3.63, 3.8) is 0 Å². The van der Waals surface area contributed by atoms with Crippen molar-refractivity contribution in [3.05, 3.63) is 63.8 Å². The second kappa shape index (κ2) is 8.30. The van der Waals surface area contributed by atoms with E-state index in [0.29, 0.717) is 17.9 Å². The molecule has 1 heterocycles. The molecule has 0 aliphatic carbocycles. The zero-order valence-corrected chi connectivity index (χ0v) is 18.1. The number of halogens is 3. The molecule has 1 aromatic heterocycles. The second-order valence-corrected chi connectivity index (χ2v) is 8.20. The Labute approximate surface area is 182 Å². The van der Waals surface area contributed by atoms with E-state index in [0.717, 1.165) is 10.6 Å². The number of nitrogens with zero attached hydrogens (tertiary/aromatic N) is 1. The van der Waals surface area contributed by atoms with Crippen molar-refractivity contribution in [2.45, 2.75) is 45.4 Å². The van der Waals surface area contributed by atoms with E-state index >= 15 is 4.39 Å². The SMILES string of the molecule is CCCC[C@@](C)(C(=O)O)c1c(C)n(C(=O)c2ccc(Cl)cc2)c2cc(F)c(O)c(F)c12. The van der Waals surface area contributed by atoms with Gasteiger partial charge in [-0.05, 0) is 44.5 Å². The number of hydrogen-bond donors (Lipinski definition) is 2. The van der Waals surface area contributed by atoms with Gasteiger partial charge in [-0.1, -0.05) is 31.4 Å². The summed E-state index contributed by atoms with van der Waals surface area (Å²) in [6, 6.07) is 6.80. The number of carbonyl (C=O) groups excluding carboxylic acids is 1. The van der Waals surface area contributed by atoms with Crippen LogP contribution < -0.4 is 0 Å². The van der Waals surface area contributed by atoms with Gasteiger partial charge < -0.3 is 10.2 Å². The molecule has 31 heavy (non-hydrogen) atoms. The van der Waals surface area contributed by atoms with Crippen molar-refractivity contribution < 1.29 is 28.6 Å². The lowest BCUT2D eigenvalue weighted by Crippen LogP contribution is -2.33. The van der Waals surface area contributed by atoms with Crippen LogP contribution in [0.2, 0.25) is 5.02 Å². The number of phenolic OH excluding ortho intramolecular Hbond substituents is 1. The van der Waals surface area contributed by atoms with Crippen LogP contribution in [0.15, 0.2) is 30.3 Å². The molecule has 1 atom stereocenters. The Bertz CT molecular complexity index is 1190. The summed E-state index contributed by atoms with van der Waals surface area (Å²) in [5.41, 5.74) is -1.30. The average Bonchev–Trinajstić information content (AvgIpc) is 3.02. The molecule has 0 fully saturated rings. The molecule has 8 heteroatoms. The molecule has 3 rings (SSSR count). The van der Waals surface area contributed by atoms with Crippen LogP contribution in [0.25, 0.3) is 10.9 Å². The molecule has 0 bridgehead atoms. The molecule has 0 aliphatic heterocycles. The first-order chi connectivity index (χ1) is 14.5. The highest BCUT2D eigenvalue weighted by Gasteiger charge is 2.41. The van der Waals surface area contributed by atoms with Gasteiger partial charge in [0.15, 0.2) is 17.4 Å². The highest BCUT2D eigenvalue weighted by molar-refractivity contribution is 6.30. The molecule has 0 saturated heterocycles. The normalized spacial score (nSPS) is 13.4. The maximum Gasteiger partial charge on any atom is 0.313 e. The molecule has 3 aromatic rings. The van der Waals surface area contributed by atoms with E-state index in [2.05, 4.69) is 0 Å². The number of carbonyl (C=O) groups is 2. The van der Waals surface area contributed by atoms with Gasteiger partial charge in [-0.2, -0.15) is 0 Å². The minimum Gasteiger partial charge on any atom is -0.503 e. The number of aromatic nitrogens is 1. The van der Waals surface area contributed by atoms with Crippen molar-refractivity contribution in [3.8, 4) is 5.75 Å². The Kier molecular flexibility index (Phi) is 6.09. The first-order valence-corrected chi connectivity index (χ1v) is 10.2. The lowest BCUT2D eigenvalue weighted by Gasteiger charge is -2.26. The molecule has 0 unspecified atom stereocenters. The zero-order valence-electron chi connectivity index (χ0n) is 17.3. The van der Waals surface area contributed by atoms with E-state index in [1.54, 1.807) is 0 Å². The molecule has 0 radical (unpaired) electrons. The van der Waals surface area contributed by atoms with Gasteiger partial charge in [-0.3, -0.25) is 14.2 Å². The fraction of sp³-hybridized carbons (Fsp3) is 0.304. The smallest absolute Gasteiger partial charge is 0.313 e. The number of fused-ring (bicyclic) bond motifs is 1. The van der Waals surface area contributed by atoms with Crippen LogP contribution in [0.5, 0.6) is 5.75 Å². The molecule has 0 saturated carbocycles. The highest BCUT2D eigenvalue weighted by atomic mass is 35.5. The Morgan fingerprint density at radius 2 is 1.81 bits per heavy atom. The number of unbranched alkanes of at least 4 members (excludes halogenated alkanes) is 1. The van der Waals surface area contributed by atoms with Gasteiger partial charge in [-0.15, -0.1) is 0 Å². The van der Waals surface area contributed by atoms with E-state index in [1.807, 2.05) is 6.92 Å². The van der Waals surface area contributed by atoms with Crippen LogP contribution in [0.1, 0.15) is 54.7 Å². The van der Waals surface area contributed by atoms with Crippen LogP contribution in [-0.4, -0.2) is 26.7 Å². The largest absolute Gasteiger partial charge is 0.503 e. The molecule has 5 nitrogen and oxygen atoms in total. The van der Waals surface area contributed by atoms with Crippen LogP contribution in [0.3, 0.4) is 0 Å². The molecule has 2 N–H and O–H groups in total. The minimum absolute atomic E-state index is 0.0403. The summed E-state index contributed by atoms with van der Waals surface area (Å²) in [5.74, 6) is -5.55. The Hall–Kier alpha value is -2.93. The van der Waals surface area contributed by atoms with E-state index in [9.17, 15) is 24.2 Å². The molecule has 0 amide bonds. The van der Waals surface area contributed by atoms with Gasteiger partial charge in [0.1, 0.15) is 0 Å². The van der Waals surface area contributed by atoms with E-state index in [-0.39, 0.29) is 34.1 Å². The number of hydrogen-bond acceptors (Lipinski definition) is 3. The summed E-state index contributed by atoms with van der Waals surface area (Å²) in [7, 11) is 0. The van der Waals surface area contributed by atoms with Gasteiger partial charge in [0, 0.05) is 33.3 Å². The highest BCUT2D eigenvalue weighted by Crippen LogP contribution is 2.43. The molecule has 0 aliphatic rings. The Balaban J connectivity index is 2.42. The maximum atomic E-state index is 15.1. The third-order valence-corrected chi connectivity index (χ3v) is 5.96. The summed E-state index contributed by atoms with van der Waals surface area (Å²) in [5, 5.41) is 20.1. The van der Waals surface area contributed by atoms with E-state index in [1.165, 1.54) is 38.1 Å². The number of aliphatic carboxylic acids is 1. The Morgan fingerprint density at radius 1 is 1.19 bits per heavy atom. The van der Waals surface area contributed by atoms with Gasteiger partial charge in [0.25, 0.3) is 5.91 Å². The van der Waals surface area contributed by atoms with Crippen LogP contribution in [0.4, 0.5) is 8.78 Å². The zero-order chi connectivity index (χ0) is 23.1. The predicted octanol–water partition coefficient (Wildman–Crippen LogP) is 5.81. The summed E-state index contributed by atoms with van der Waals surface area (Å²) in [6.07, 6.45) is 1.41. The minimum atomic E-state index is -1.56. The van der Waals surface area contributed by atoms with Gasteiger partial charge in [0.05, 0.1) is 10.9 Å². The standard InChI is InChI=1S/C23H22ClF2NO4/c1-4-5-10-23(3,22(30)31)18-12(2)27(21(29)13-6-8-14(24)9-7-13)16-11-15(25)20(28)19(26)17(16)18/h6-9,11,28H,4-5,10H2,1-3H3,(H,30,31)/t23-/m1/s1. The number of carboxylic acid groups (broad SMARTS) is 1. The quantitative estimate of drug-likeness (QED) is 0.497. The summed E-state index contributed by atoms with van der Waals surface area (Å²) < 4.78 is 30.5.